The normalized spacial score (nSPS) is 19.4. The summed E-state index contributed by atoms with van der Waals surface area (Å²) in [6.07, 6.45) is 4.68. The molecule has 2 atom stereocenters. The van der Waals surface area contributed by atoms with Gasteiger partial charge in [-0.2, -0.15) is 0 Å². The summed E-state index contributed by atoms with van der Waals surface area (Å²) < 4.78 is 11.5. The predicted octanol–water partition coefficient (Wildman–Crippen LogP) is 5.52. The molecule has 4 rings (SSSR count). The van der Waals surface area contributed by atoms with Crippen LogP contribution in [0, 0.1) is 5.92 Å². The van der Waals surface area contributed by atoms with Crippen molar-refractivity contribution in [1.29, 1.82) is 0 Å². The number of methoxy groups -OCH3 is 1. The molecule has 1 amide bonds. The van der Waals surface area contributed by atoms with E-state index in [-0.39, 0.29) is 5.91 Å². The Morgan fingerprint density at radius 2 is 2.03 bits per heavy atom. The number of hydrogen-bond donors (Lipinski definition) is 1. The second kappa shape index (κ2) is 10.6. The Balaban J connectivity index is 1.18. The molecule has 1 N–H and O–H groups in total. The number of fused-ring (bicyclic) bond motifs is 1. The highest BCUT2D eigenvalue weighted by Crippen LogP contribution is 2.51. The van der Waals surface area contributed by atoms with Gasteiger partial charge in [-0.25, -0.2) is 0 Å². The zero-order chi connectivity index (χ0) is 22.5. The number of hydrogen-bond acceptors (Lipinski definition) is 4. The molecule has 32 heavy (non-hydrogen) atoms. The third kappa shape index (κ3) is 5.76. The lowest BCUT2D eigenvalue weighted by Gasteiger charge is -2.21. The third-order valence-electron chi connectivity index (χ3n) is 6.57. The van der Waals surface area contributed by atoms with Gasteiger partial charge in [0.15, 0.2) is 0 Å². The Kier molecular flexibility index (Phi) is 7.59. The minimum absolute atomic E-state index is 0.0843. The number of benzene rings is 2. The topological polar surface area (TPSA) is 50.8 Å². The maximum Gasteiger partial charge on any atom is 0.224 e. The van der Waals surface area contributed by atoms with E-state index in [1.54, 1.807) is 7.11 Å². The van der Waals surface area contributed by atoms with Crippen molar-refractivity contribution in [2.75, 3.05) is 38.7 Å². The molecule has 2 aliphatic rings. The molecule has 2 aromatic rings. The number of anilines is 1. The maximum absolute atomic E-state index is 11.6. The summed E-state index contributed by atoms with van der Waals surface area (Å²) in [7, 11) is 1.73. The predicted molar refractivity (Wildman–Crippen MR) is 129 cm³/mol. The molecule has 5 nitrogen and oxygen atoms in total. The van der Waals surface area contributed by atoms with Gasteiger partial charge in [-0.05, 0) is 86.0 Å². The van der Waals surface area contributed by atoms with Crippen LogP contribution in [0.1, 0.15) is 49.7 Å². The highest BCUT2D eigenvalue weighted by molar-refractivity contribution is 6.30. The van der Waals surface area contributed by atoms with Gasteiger partial charge in [0, 0.05) is 29.7 Å². The van der Waals surface area contributed by atoms with Crippen LogP contribution in [0.5, 0.6) is 11.5 Å². The molecule has 172 valence electrons. The lowest BCUT2D eigenvalue weighted by molar-refractivity contribution is -0.116. The minimum Gasteiger partial charge on any atom is -0.496 e. The SMILES string of the molecule is CCN(CCCCOc1ccc2c(c1)NC(=O)CC2)C[C@@H]1C[C@H]1c1cc(Cl)ccc1OC. The van der Waals surface area contributed by atoms with E-state index >= 15 is 0 Å². The number of rotatable bonds is 11. The Bertz CT molecular complexity index is 949. The first-order chi connectivity index (χ1) is 15.6. The molecule has 1 saturated carbocycles. The van der Waals surface area contributed by atoms with E-state index in [0.717, 1.165) is 61.1 Å². The first kappa shape index (κ1) is 22.9. The van der Waals surface area contributed by atoms with Crippen LogP contribution in [-0.2, 0) is 11.2 Å². The largest absolute Gasteiger partial charge is 0.496 e. The van der Waals surface area contributed by atoms with E-state index in [2.05, 4.69) is 29.3 Å². The number of aryl methyl sites for hydroxylation is 1. The van der Waals surface area contributed by atoms with Crippen LogP contribution >= 0.6 is 11.6 Å². The van der Waals surface area contributed by atoms with Crippen LogP contribution in [0.2, 0.25) is 5.02 Å². The first-order valence-electron chi connectivity index (χ1n) is 11.7. The fourth-order valence-corrected chi connectivity index (χ4v) is 4.78. The molecular weight excluding hydrogens is 424 g/mol. The third-order valence-corrected chi connectivity index (χ3v) is 6.80. The van der Waals surface area contributed by atoms with Gasteiger partial charge >= 0.3 is 0 Å². The monoisotopic (exact) mass is 456 g/mol. The van der Waals surface area contributed by atoms with Crippen molar-refractivity contribution < 1.29 is 14.3 Å². The van der Waals surface area contributed by atoms with Crippen LogP contribution in [0.3, 0.4) is 0 Å². The molecule has 2 aromatic carbocycles. The van der Waals surface area contributed by atoms with Crippen molar-refractivity contribution in [2.45, 2.75) is 44.9 Å². The Labute approximate surface area is 196 Å². The van der Waals surface area contributed by atoms with E-state index in [1.807, 2.05) is 24.3 Å². The smallest absolute Gasteiger partial charge is 0.224 e. The Morgan fingerprint density at radius 3 is 2.84 bits per heavy atom. The van der Waals surface area contributed by atoms with E-state index in [0.29, 0.717) is 24.9 Å². The Morgan fingerprint density at radius 1 is 1.16 bits per heavy atom. The zero-order valence-corrected chi connectivity index (χ0v) is 19.8. The minimum atomic E-state index is 0.0843. The number of nitrogens with zero attached hydrogens (tertiary/aromatic N) is 1. The van der Waals surface area contributed by atoms with Gasteiger partial charge in [0.1, 0.15) is 11.5 Å². The molecule has 1 aliphatic carbocycles. The summed E-state index contributed by atoms with van der Waals surface area (Å²) in [5, 5.41) is 3.71. The van der Waals surface area contributed by atoms with Crippen LogP contribution < -0.4 is 14.8 Å². The summed E-state index contributed by atoms with van der Waals surface area (Å²) in [6.45, 7) is 6.17. The Hall–Kier alpha value is -2.24. The second-order valence-corrected chi connectivity index (χ2v) is 9.24. The van der Waals surface area contributed by atoms with Gasteiger partial charge in [-0.3, -0.25) is 4.79 Å². The van der Waals surface area contributed by atoms with Gasteiger partial charge in [-0.1, -0.05) is 24.6 Å². The summed E-state index contributed by atoms with van der Waals surface area (Å²) in [6, 6.07) is 11.9. The molecule has 0 radical (unpaired) electrons. The first-order valence-corrected chi connectivity index (χ1v) is 12.1. The number of ether oxygens (including phenoxy) is 2. The number of amides is 1. The lowest BCUT2D eigenvalue weighted by Crippen LogP contribution is -2.27. The fraction of sp³-hybridized carbons (Fsp3) is 0.500. The molecule has 1 heterocycles. The van der Waals surface area contributed by atoms with Crippen molar-refractivity contribution >= 4 is 23.2 Å². The van der Waals surface area contributed by atoms with E-state index in [1.165, 1.54) is 17.5 Å². The fourth-order valence-electron chi connectivity index (χ4n) is 4.60. The highest BCUT2D eigenvalue weighted by atomic mass is 35.5. The number of unbranched alkanes of at least 4 members (excludes halogenated alkanes) is 1. The van der Waals surface area contributed by atoms with Crippen molar-refractivity contribution in [3.63, 3.8) is 0 Å². The number of halogens is 1. The molecule has 1 fully saturated rings. The molecular formula is C26H33ClN2O3. The van der Waals surface area contributed by atoms with Gasteiger partial charge in [0.2, 0.25) is 5.91 Å². The van der Waals surface area contributed by atoms with Crippen molar-refractivity contribution in [3.8, 4) is 11.5 Å². The van der Waals surface area contributed by atoms with E-state index < -0.39 is 0 Å². The number of carbonyl (C=O) groups is 1. The van der Waals surface area contributed by atoms with Gasteiger partial charge < -0.3 is 19.7 Å². The zero-order valence-electron chi connectivity index (χ0n) is 19.0. The van der Waals surface area contributed by atoms with Gasteiger partial charge in [0.05, 0.1) is 13.7 Å². The molecule has 0 aromatic heterocycles. The van der Waals surface area contributed by atoms with Crippen molar-refractivity contribution in [2.24, 2.45) is 5.92 Å². The summed E-state index contributed by atoms with van der Waals surface area (Å²) in [4.78, 5) is 14.1. The molecule has 1 aliphatic heterocycles. The van der Waals surface area contributed by atoms with Crippen LogP contribution in [0.25, 0.3) is 0 Å². The van der Waals surface area contributed by atoms with Gasteiger partial charge in [-0.15, -0.1) is 0 Å². The number of nitrogens with one attached hydrogen (secondary N) is 1. The summed E-state index contributed by atoms with van der Waals surface area (Å²) >= 11 is 6.21. The molecule has 0 spiro atoms. The molecule has 0 saturated heterocycles. The van der Waals surface area contributed by atoms with Crippen LogP contribution in [-0.4, -0.2) is 44.2 Å². The standard InChI is InChI=1S/C26H33ClN2O3/c1-3-29(17-19-14-22(19)23-15-20(27)8-10-25(23)31-2)12-4-5-13-32-21-9-6-18-7-11-26(30)28-24(18)16-21/h6,8-10,15-16,19,22H,3-5,7,11-14,17H2,1-2H3,(H,28,30)/t19-,22+/m0/s1. The van der Waals surface area contributed by atoms with Crippen molar-refractivity contribution in [3.05, 3.63) is 52.5 Å². The molecule has 6 heteroatoms. The van der Waals surface area contributed by atoms with Crippen molar-refractivity contribution in [1.82, 2.24) is 4.90 Å². The highest BCUT2D eigenvalue weighted by Gasteiger charge is 2.40. The average molecular weight is 457 g/mol. The van der Waals surface area contributed by atoms with Crippen LogP contribution in [0.4, 0.5) is 5.69 Å². The van der Waals surface area contributed by atoms with Crippen LogP contribution in [0.15, 0.2) is 36.4 Å². The number of carbonyl (C=O) groups excluding carboxylic acids is 1. The second-order valence-electron chi connectivity index (χ2n) is 8.80. The maximum atomic E-state index is 11.6. The average Bonchev–Trinajstić information content (AvgIpc) is 3.56. The van der Waals surface area contributed by atoms with Gasteiger partial charge in [0.25, 0.3) is 0 Å². The van der Waals surface area contributed by atoms with E-state index in [9.17, 15) is 4.79 Å². The quantitative estimate of drug-likeness (QED) is 0.452. The lowest BCUT2D eigenvalue weighted by atomic mass is 10.0. The summed E-state index contributed by atoms with van der Waals surface area (Å²) in [5.41, 5.74) is 3.33. The molecule has 0 unspecified atom stereocenters. The summed E-state index contributed by atoms with van der Waals surface area (Å²) in [5.74, 6) is 3.08. The van der Waals surface area contributed by atoms with E-state index in [4.69, 9.17) is 21.1 Å². The molecule has 0 bridgehead atoms.